The van der Waals surface area contributed by atoms with Crippen LogP contribution in [0.3, 0.4) is 0 Å². The summed E-state index contributed by atoms with van der Waals surface area (Å²) in [6, 6.07) is 16.9. The minimum atomic E-state index is 0.101. The molecule has 30 heavy (non-hydrogen) atoms. The molecule has 1 fully saturated rings. The summed E-state index contributed by atoms with van der Waals surface area (Å²) in [5.41, 5.74) is 3.49. The SMILES string of the molecule is COc1cccc(CN2CCN(Cc3ccc(C#CCCO)cc3)C[C@@H]2CCO)c1. The predicted molar refractivity (Wildman–Crippen MR) is 119 cm³/mol. The second kappa shape index (κ2) is 11.7. The molecule has 3 rings (SSSR count). The smallest absolute Gasteiger partial charge is 0.119 e. The number of methoxy groups -OCH3 is 1. The molecule has 5 nitrogen and oxygen atoms in total. The Labute approximate surface area is 179 Å². The Kier molecular flexibility index (Phi) is 8.73. The summed E-state index contributed by atoms with van der Waals surface area (Å²) < 4.78 is 5.35. The monoisotopic (exact) mass is 408 g/mol. The molecule has 0 radical (unpaired) electrons. The van der Waals surface area contributed by atoms with Crippen LogP contribution < -0.4 is 4.74 Å². The Bertz CT molecular complexity index is 841. The van der Waals surface area contributed by atoms with Crippen molar-refractivity contribution >= 4 is 0 Å². The molecule has 2 N–H and O–H groups in total. The van der Waals surface area contributed by atoms with Crippen LogP contribution in [0.4, 0.5) is 0 Å². The minimum absolute atomic E-state index is 0.101. The Morgan fingerprint density at radius 1 is 1.00 bits per heavy atom. The second-order valence-corrected chi connectivity index (χ2v) is 7.70. The second-order valence-electron chi connectivity index (χ2n) is 7.70. The highest BCUT2D eigenvalue weighted by Crippen LogP contribution is 2.20. The summed E-state index contributed by atoms with van der Waals surface area (Å²) in [5.74, 6) is 6.91. The number of hydrogen-bond donors (Lipinski definition) is 2. The molecule has 0 aromatic heterocycles. The van der Waals surface area contributed by atoms with Crippen LogP contribution in [-0.2, 0) is 13.1 Å². The Hall–Kier alpha value is -2.36. The van der Waals surface area contributed by atoms with Crippen LogP contribution >= 0.6 is 0 Å². The third-order valence-corrected chi connectivity index (χ3v) is 5.50. The summed E-state index contributed by atoms with van der Waals surface area (Å²) in [4.78, 5) is 4.94. The van der Waals surface area contributed by atoms with E-state index in [2.05, 4.69) is 45.9 Å². The average molecular weight is 409 g/mol. The van der Waals surface area contributed by atoms with E-state index in [0.717, 1.165) is 50.5 Å². The van der Waals surface area contributed by atoms with Crippen molar-refractivity contribution in [2.45, 2.75) is 32.0 Å². The van der Waals surface area contributed by atoms with Gasteiger partial charge in [-0.3, -0.25) is 9.80 Å². The molecule has 160 valence electrons. The van der Waals surface area contributed by atoms with Crippen molar-refractivity contribution in [2.75, 3.05) is 40.0 Å². The zero-order valence-electron chi connectivity index (χ0n) is 17.8. The highest BCUT2D eigenvalue weighted by atomic mass is 16.5. The van der Waals surface area contributed by atoms with Gasteiger partial charge in [0.1, 0.15) is 5.75 Å². The lowest BCUT2D eigenvalue weighted by atomic mass is 10.1. The number of piperazine rings is 1. The molecular weight excluding hydrogens is 376 g/mol. The standard InChI is InChI=1S/C25H32N2O3/c1-30-25-7-4-6-23(17-25)19-27-14-13-26(20-24(27)12-16-29)18-22-10-8-21(9-11-22)5-2-3-15-28/h4,6-11,17,24,28-29H,3,12-16,18-20H2,1H3/t24-/m0/s1. The largest absolute Gasteiger partial charge is 0.497 e. The molecule has 0 aliphatic carbocycles. The molecule has 1 saturated heterocycles. The lowest BCUT2D eigenvalue weighted by molar-refractivity contribution is 0.0499. The molecule has 0 amide bonds. The fraction of sp³-hybridized carbons (Fsp3) is 0.440. The van der Waals surface area contributed by atoms with E-state index in [1.54, 1.807) is 7.11 Å². The predicted octanol–water partition coefficient (Wildman–Crippen LogP) is 2.50. The van der Waals surface area contributed by atoms with Crippen molar-refractivity contribution < 1.29 is 14.9 Å². The van der Waals surface area contributed by atoms with Crippen LogP contribution in [0.5, 0.6) is 5.75 Å². The molecule has 2 aromatic rings. The number of ether oxygens (including phenoxy) is 1. The summed E-state index contributed by atoms with van der Waals surface area (Å²) in [6.45, 7) is 5.01. The van der Waals surface area contributed by atoms with E-state index in [-0.39, 0.29) is 13.2 Å². The number of nitrogens with zero attached hydrogens (tertiary/aromatic N) is 2. The van der Waals surface area contributed by atoms with E-state index >= 15 is 0 Å². The molecule has 0 unspecified atom stereocenters. The number of rotatable bonds is 8. The number of benzene rings is 2. The number of aliphatic hydroxyl groups is 2. The van der Waals surface area contributed by atoms with Crippen molar-refractivity contribution in [3.05, 3.63) is 65.2 Å². The molecular formula is C25H32N2O3. The number of hydrogen-bond acceptors (Lipinski definition) is 5. The van der Waals surface area contributed by atoms with Gasteiger partial charge in [0, 0.05) is 57.4 Å². The van der Waals surface area contributed by atoms with Crippen LogP contribution in [0.2, 0.25) is 0 Å². The maximum atomic E-state index is 9.59. The third-order valence-electron chi connectivity index (χ3n) is 5.50. The maximum absolute atomic E-state index is 9.59. The summed E-state index contributed by atoms with van der Waals surface area (Å²) in [5, 5.41) is 18.4. The maximum Gasteiger partial charge on any atom is 0.119 e. The highest BCUT2D eigenvalue weighted by molar-refractivity contribution is 5.36. The molecule has 0 bridgehead atoms. The minimum Gasteiger partial charge on any atom is -0.497 e. The lowest BCUT2D eigenvalue weighted by Gasteiger charge is -2.41. The van der Waals surface area contributed by atoms with E-state index in [0.29, 0.717) is 12.5 Å². The zero-order valence-corrected chi connectivity index (χ0v) is 17.8. The molecule has 1 aliphatic rings. The van der Waals surface area contributed by atoms with Crippen molar-refractivity contribution in [1.29, 1.82) is 0 Å². The Morgan fingerprint density at radius 3 is 2.57 bits per heavy atom. The molecule has 5 heteroatoms. The first-order valence-electron chi connectivity index (χ1n) is 10.6. The van der Waals surface area contributed by atoms with Gasteiger partial charge >= 0.3 is 0 Å². The first-order chi connectivity index (χ1) is 14.7. The molecule has 1 atom stereocenters. The fourth-order valence-electron chi connectivity index (χ4n) is 3.91. The first-order valence-corrected chi connectivity index (χ1v) is 10.6. The molecule has 2 aromatic carbocycles. The van der Waals surface area contributed by atoms with Crippen molar-refractivity contribution in [2.24, 2.45) is 0 Å². The van der Waals surface area contributed by atoms with Gasteiger partial charge in [-0.25, -0.2) is 0 Å². The van der Waals surface area contributed by atoms with Crippen molar-refractivity contribution in [1.82, 2.24) is 9.80 Å². The highest BCUT2D eigenvalue weighted by Gasteiger charge is 2.26. The van der Waals surface area contributed by atoms with Crippen molar-refractivity contribution in [3.63, 3.8) is 0 Å². The van der Waals surface area contributed by atoms with E-state index in [4.69, 9.17) is 9.84 Å². The lowest BCUT2D eigenvalue weighted by Crippen LogP contribution is -2.52. The van der Waals surface area contributed by atoms with E-state index < -0.39 is 0 Å². The molecule has 1 heterocycles. The Morgan fingerprint density at radius 2 is 1.83 bits per heavy atom. The zero-order chi connectivity index (χ0) is 21.2. The summed E-state index contributed by atoms with van der Waals surface area (Å²) in [6.07, 6.45) is 1.29. The summed E-state index contributed by atoms with van der Waals surface area (Å²) in [7, 11) is 1.70. The molecule has 1 aliphatic heterocycles. The van der Waals surface area contributed by atoms with Gasteiger partial charge in [0.15, 0.2) is 0 Å². The van der Waals surface area contributed by atoms with Crippen LogP contribution in [0.1, 0.15) is 29.5 Å². The van der Waals surface area contributed by atoms with Gasteiger partial charge in [-0.05, 0) is 41.8 Å². The Balaban J connectivity index is 1.58. The summed E-state index contributed by atoms with van der Waals surface area (Å²) >= 11 is 0. The van der Waals surface area contributed by atoms with Crippen LogP contribution in [0.15, 0.2) is 48.5 Å². The van der Waals surface area contributed by atoms with Gasteiger partial charge < -0.3 is 14.9 Å². The first kappa shape index (κ1) is 22.3. The molecule has 0 saturated carbocycles. The van der Waals surface area contributed by atoms with Gasteiger partial charge in [0.05, 0.1) is 13.7 Å². The fourth-order valence-corrected chi connectivity index (χ4v) is 3.91. The van der Waals surface area contributed by atoms with E-state index in [1.807, 2.05) is 24.3 Å². The number of aliphatic hydroxyl groups excluding tert-OH is 2. The third kappa shape index (κ3) is 6.58. The molecule has 0 spiro atoms. The van der Waals surface area contributed by atoms with Gasteiger partial charge in [0.25, 0.3) is 0 Å². The van der Waals surface area contributed by atoms with Crippen LogP contribution in [0, 0.1) is 11.8 Å². The van der Waals surface area contributed by atoms with Crippen molar-refractivity contribution in [3.8, 4) is 17.6 Å². The quantitative estimate of drug-likeness (QED) is 0.658. The van der Waals surface area contributed by atoms with Crippen LogP contribution in [-0.4, -0.2) is 66.0 Å². The topological polar surface area (TPSA) is 56.2 Å². The van der Waals surface area contributed by atoms with Gasteiger partial charge in [0.2, 0.25) is 0 Å². The normalized spacial score (nSPS) is 17.4. The van der Waals surface area contributed by atoms with E-state index in [9.17, 15) is 5.11 Å². The van der Waals surface area contributed by atoms with Gasteiger partial charge in [-0.2, -0.15) is 0 Å². The van der Waals surface area contributed by atoms with E-state index in [1.165, 1.54) is 11.1 Å². The van der Waals surface area contributed by atoms with Gasteiger partial charge in [-0.15, -0.1) is 0 Å². The van der Waals surface area contributed by atoms with Gasteiger partial charge in [-0.1, -0.05) is 36.1 Å². The van der Waals surface area contributed by atoms with Crippen LogP contribution in [0.25, 0.3) is 0 Å². The average Bonchev–Trinajstić information content (AvgIpc) is 2.77.